The highest BCUT2D eigenvalue weighted by Gasteiger charge is 2.07. The molecule has 1 aromatic carbocycles. The van der Waals surface area contributed by atoms with Crippen LogP contribution in [0.3, 0.4) is 0 Å². The lowest BCUT2D eigenvalue weighted by Gasteiger charge is -2.08. The molecule has 1 rings (SSSR count). The third-order valence-electron chi connectivity index (χ3n) is 2.40. The van der Waals surface area contributed by atoms with Crippen molar-refractivity contribution >= 4 is 17.3 Å². The zero-order chi connectivity index (χ0) is 14.1. The summed E-state index contributed by atoms with van der Waals surface area (Å²) in [6.07, 6.45) is 3.87. The molecule has 0 aliphatic carbocycles. The third-order valence-corrected chi connectivity index (χ3v) is 2.40. The molecule has 0 bridgehead atoms. The lowest BCUT2D eigenvalue weighted by atomic mass is 10.1. The highest BCUT2D eigenvalue weighted by molar-refractivity contribution is 5.91. The van der Waals surface area contributed by atoms with E-state index in [1.54, 1.807) is 25.3 Å². The van der Waals surface area contributed by atoms with Crippen molar-refractivity contribution < 1.29 is 14.4 Å². The van der Waals surface area contributed by atoms with E-state index in [2.05, 4.69) is 20.4 Å². The first-order valence-corrected chi connectivity index (χ1v) is 5.81. The molecule has 0 amide bonds. The maximum atomic E-state index is 11.3. The number of rotatable bonds is 7. The first-order valence-electron chi connectivity index (χ1n) is 5.81. The van der Waals surface area contributed by atoms with Crippen LogP contribution in [0.25, 0.3) is 0 Å². The van der Waals surface area contributed by atoms with Crippen molar-refractivity contribution in [3.8, 4) is 0 Å². The Hall–Kier alpha value is -2.05. The summed E-state index contributed by atoms with van der Waals surface area (Å²) < 4.78 is 4.62. The van der Waals surface area contributed by atoms with Crippen LogP contribution in [0.15, 0.2) is 30.4 Å². The number of esters is 1. The van der Waals surface area contributed by atoms with Crippen LogP contribution in [0.2, 0.25) is 0 Å². The second-order valence-corrected chi connectivity index (χ2v) is 3.70. The summed E-state index contributed by atoms with van der Waals surface area (Å²) in [5.41, 5.74) is 10.3. The molecule has 0 aliphatic heterocycles. The van der Waals surface area contributed by atoms with Crippen LogP contribution in [0.1, 0.15) is 10.4 Å². The van der Waals surface area contributed by atoms with Gasteiger partial charge in [-0.25, -0.2) is 4.79 Å². The Labute approximate surface area is 112 Å². The number of nitrogens with two attached hydrogens (primary N) is 1. The first kappa shape index (κ1) is 15.0. The van der Waals surface area contributed by atoms with E-state index in [0.29, 0.717) is 24.3 Å². The maximum absolute atomic E-state index is 11.3. The monoisotopic (exact) mass is 265 g/mol. The molecule has 0 atom stereocenters. The molecule has 0 saturated carbocycles. The van der Waals surface area contributed by atoms with Crippen molar-refractivity contribution in [1.29, 1.82) is 0 Å². The summed E-state index contributed by atoms with van der Waals surface area (Å²) in [4.78, 5) is 16.0. The first-order chi connectivity index (χ1) is 9.19. The Morgan fingerprint density at radius 3 is 2.68 bits per heavy atom. The molecule has 0 saturated heterocycles. The molecule has 19 heavy (non-hydrogen) atoms. The predicted octanol–water partition coefficient (Wildman–Crippen LogP) is 1.17. The number of anilines is 2. The maximum Gasteiger partial charge on any atom is 0.337 e. The molecular weight excluding hydrogens is 246 g/mol. The Kier molecular flexibility index (Phi) is 6.42. The van der Waals surface area contributed by atoms with Gasteiger partial charge in [-0.05, 0) is 18.2 Å². The average Bonchev–Trinajstić information content (AvgIpc) is 2.43. The van der Waals surface area contributed by atoms with Crippen LogP contribution in [0.4, 0.5) is 11.4 Å². The fourth-order valence-electron chi connectivity index (χ4n) is 1.44. The van der Waals surface area contributed by atoms with E-state index in [-0.39, 0.29) is 0 Å². The van der Waals surface area contributed by atoms with E-state index in [1.807, 2.05) is 12.2 Å². The quantitative estimate of drug-likeness (QED) is 0.226. The van der Waals surface area contributed by atoms with E-state index >= 15 is 0 Å². The van der Waals surface area contributed by atoms with Crippen molar-refractivity contribution in [3.05, 3.63) is 35.9 Å². The van der Waals surface area contributed by atoms with E-state index in [4.69, 9.17) is 5.73 Å². The SMILES string of the molecule is CONC/C=C/CNc1ccc(C(=O)OC)cc1N. The minimum atomic E-state index is -0.399. The van der Waals surface area contributed by atoms with Gasteiger partial charge in [-0.1, -0.05) is 12.2 Å². The molecule has 6 heteroatoms. The summed E-state index contributed by atoms with van der Waals surface area (Å²) in [5, 5.41) is 3.14. The van der Waals surface area contributed by atoms with Crippen LogP contribution in [-0.2, 0) is 9.57 Å². The molecule has 104 valence electrons. The Bertz CT molecular complexity index is 447. The number of carbonyl (C=O) groups excluding carboxylic acids is 1. The fourth-order valence-corrected chi connectivity index (χ4v) is 1.44. The van der Waals surface area contributed by atoms with Gasteiger partial charge in [-0.2, -0.15) is 5.48 Å². The van der Waals surface area contributed by atoms with Gasteiger partial charge in [0, 0.05) is 13.1 Å². The van der Waals surface area contributed by atoms with Crippen molar-refractivity contribution in [1.82, 2.24) is 5.48 Å². The van der Waals surface area contributed by atoms with Gasteiger partial charge in [0.05, 0.1) is 31.2 Å². The molecular formula is C13H19N3O3. The molecule has 0 unspecified atom stereocenters. The van der Waals surface area contributed by atoms with Crippen LogP contribution in [-0.4, -0.2) is 33.3 Å². The van der Waals surface area contributed by atoms with Gasteiger partial charge in [-0.3, -0.25) is 0 Å². The van der Waals surface area contributed by atoms with E-state index in [0.717, 1.165) is 5.69 Å². The van der Waals surface area contributed by atoms with Crippen LogP contribution < -0.4 is 16.5 Å². The minimum absolute atomic E-state index is 0.399. The van der Waals surface area contributed by atoms with Crippen LogP contribution in [0.5, 0.6) is 0 Å². The van der Waals surface area contributed by atoms with Crippen molar-refractivity contribution in [3.63, 3.8) is 0 Å². The van der Waals surface area contributed by atoms with Gasteiger partial charge in [0.2, 0.25) is 0 Å². The van der Waals surface area contributed by atoms with Gasteiger partial charge in [-0.15, -0.1) is 0 Å². The zero-order valence-corrected chi connectivity index (χ0v) is 11.1. The summed E-state index contributed by atoms with van der Waals surface area (Å²) >= 11 is 0. The molecule has 6 nitrogen and oxygen atoms in total. The zero-order valence-electron chi connectivity index (χ0n) is 11.1. The van der Waals surface area contributed by atoms with Gasteiger partial charge in [0.1, 0.15) is 0 Å². The molecule has 0 fully saturated rings. The Morgan fingerprint density at radius 1 is 1.32 bits per heavy atom. The molecule has 4 N–H and O–H groups in total. The van der Waals surface area contributed by atoms with Gasteiger partial charge < -0.3 is 20.6 Å². The van der Waals surface area contributed by atoms with Crippen molar-refractivity contribution in [2.24, 2.45) is 0 Å². The summed E-state index contributed by atoms with van der Waals surface area (Å²) in [5.74, 6) is -0.399. The molecule has 0 spiro atoms. The Morgan fingerprint density at radius 2 is 2.05 bits per heavy atom. The number of hydrogen-bond acceptors (Lipinski definition) is 6. The lowest BCUT2D eigenvalue weighted by Crippen LogP contribution is -2.11. The molecule has 0 aromatic heterocycles. The van der Waals surface area contributed by atoms with Gasteiger partial charge in [0.15, 0.2) is 0 Å². The normalized spacial score (nSPS) is 10.6. The molecule has 0 aliphatic rings. The highest BCUT2D eigenvalue weighted by atomic mass is 16.6. The average molecular weight is 265 g/mol. The van der Waals surface area contributed by atoms with Gasteiger partial charge >= 0.3 is 5.97 Å². The second-order valence-electron chi connectivity index (χ2n) is 3.70. The van der Waals surface area contributed by atoms with Crippen LogP contribution in [0, 0.1) is 0 Å². The number of hydroxylamine groups is 1. The number of hydrogen-bond donors (Lipinski definition) is 3. The van der Waals surface area contributed by atoms with E-state index < -0.39 is 5.97 Å². The van der Waals surface area contributed by atoms with Crippen molar-refractivity contribution in [2.45, 2.75) is 0 Å². The Balaban J connectivity index is 2.51. The smallest absolute Gasteiger partial charge is 0.337 e. The number of methoxy groups -OCH3 is 1. The summed E-state index contributed by atoms with van der Waals surface area (Å²) in [6, 6.07) is 5.01. The highest BCUT2D eigenvalue weighted by Crippen LogP contribution is 2.20. The topological polar surface area (TPSA) is 85.6 Å². The summed E-state index contributed by atoms with van der Waals surface area (Å²) in [6.45, 7) is 1.27. The number of carbonyl (C=O) groups is 1. The second kappa shape index (κ2) is 8.12. The third kappa shape index (κ3) is 4.99. The van der Waals surface area contributed by atoms with E-state index in [9.17, 15) is 4.79 Å². The lowest BCUT2D eigenvalue weighted by molar-refractivity contribution is 0.0601. The number of nitrogen functional groups attached to an aromatic ring is 1. The fraction of sp³-hybridized carbons (Fsp3) is 0.308. The number of ether oxygens (including phenoxy) is 1. The van der Waals surface area contributed by atoms with Crippen molar-refractivity contribution in [2.75, 3.05) is 38.4 Å². The number of nitrogens with one attached hydrogen (secondary N) is 2. The summed E-state index contributed by atoms with van der Waals surface area (Å²) in [7, 11) is 2.90. The molecule has 1 aromatic rings. The largest absolute Gasteiger partial charge is 0.465 e. The predicted molar refractivity (Wildman–Crippen MR) is 74.8 cm³/mol. The van der Waals surface area contributed by atoms with E-state index in [1.165, 1.54) is 7.11 Å². The standard InChI is InChI=1S/C13H19N3O3/c1-18-13(17)10-5-6-12(11(14)9-10)15-7-3-4-8-16-19-2/h3-6,9,15-16H,7-8,14H2,1-2H3/b4-3+. The van der Waals surface area contributed by atoms with Gasteiger partial charge in [0.25, 0.3) is 0 Å². The van der Waals surface area contributed by atoms with Crippen LogP contribution >= 0.6 is 0 Å². The number of benzene rings is 1. The molecule has 0 heterocycles. The molecule has 0 radical (unpaired) electrons. The minimum Gasteiger partial charge on any atom is -0.465 e.